The van der Waals surface area contributed by atoms with Crippen molar-refractivity contribution in [3.63, 3.8) is 0 Å². The number of aliphatic hydroxyl groups is 1. The number of alkyl halides is 1. The van der Waals surface area contributed by atoms with E-state index in [2.05, 4.69) is 20.7 Å². The van der Waals surface area contributed by atoms with Gasteiger partial charge < -0.3 is 9.84 Å². The fraction of sp³-hybridized carbons (Fsp3) is 0.214. The third-order valence-corrected chi connectivity index (χ3v) is 3.37. The van der Waals surface area contributed by atoms with Crippen LogP contribution in [0.5, 0.6) is 0 Å². The number of hydrogen-bond donors (Lipinski definition) is 1. The number of hydrogen-bond acceptors (Lipinski definition) is 3. The van der Waals surface area contributed by atoms with Crippen molar-refractivity contribution in [2.75, 3.05) is 7.11 Å². The van der Waals surface area contributed by atoms with E-state index in [1.807, 2.05) is 0 Å². The average Bonchev–Trinajstić information content (AvgIpc) is 2.36. The molecule has 5 heteroatoms. The Bertz CT molecular complexity index is 576. The Balaban J connectivity index is 2.42. The van der Waals surface area contributed by atoms with E-state index in [0.29, 0.717) is 5.56 Å². The number of carbonyl (C=O) groups is 1. The van der Waals surface area contributed by atoms with Gasteiger partial charge in [0, 0.05) is 22.0 Å². The molecule has 1 atom stereocenters. The maximum absolute atomic E-state index is 14.3. The maximum atomic E-state index is 14.3. The van der Waals surface area contributed by atoms with Gasteiger partial charge >= 0.3 is 5.97 Å². The normalized spacial score (nSPS) is 22.5. The number of methoxy groups -OCH3 is 1. The predicted molar refractivity (Wildman–Crippen MR) is 72.9 cm³/mol. The van der Waals surface area contributed by atoms with Gasteiger partial charge in [-0.25, -0.2) is 9.18 Å². The molecule has 3 nitrogen and oxygen atoms in total. The number of carbonyl (C=O) groups excluding carboxylic acids is 1. The van der Waals surface area contributed by atoms with Crippen molar-refractivity contribution in [3.8, 4) is 0 Å². The van der Waals surface area contributed by atoms with Crippen LogP contribution in [-0.2, 0) is 9.53 Å². The molecular weight excluding hydrogens is 315 g/mol. The molecule has 0 spiro atoms. The molecule has 0 bridgehead atoms. The largest absolute Gasteiger partial charge is 0.466 e. The van der Waals surface area contributed by atoms with Crippen LogP contribution in [0.15, 0.2) is 46.5 Å². The number of rotatable bonds is 2. The highest BCUT2D eigenvalue weighted by molar-refractivity contribution is 9.10. The summed E-state index contributed by atoms with van der Waals surface area (Å²) in [4.78, 5) is 11.3. The lowest BCUT2D eigenvalue weighted by atomic mass is 9.89. The van der Waals surface area contributed by atoms with E-state index in [1.54, 1.807) is 24.3 Å². The van der Waals surface area contributed by atoms with Crippen LogP contribution in [0, 0.1) is 0 Å². The van der Waals surface area contributed by atoms with Gasteiger partial charge in [0.2, 0.25) is 5.85 Å². The molecule has 100 valence electrons. The van der Waals surface area contributed by atoms with Gasteiger partial charge in [-0.05, 0) is 17.7 Å². The summed E-state index contributed by atoms with van der Waals surface area (Å²) in [6.45, 7) is 0. The molecule has 2 rings (SSSR count). The Kier molecular flexibility index (Phi) is 3.87. The first kappa shape index (κ1) is 14.0. The molecule has 0 saturated heterocycles. The minimum absolute atomic E-state index is 0.103. The second-order valence-corrected chi connectivity index (χ2v) is 5.13. The van der Waals surface area contributed by atoms with E-state index in [1.165, 1.54) is 19.3 Å². The van der Waals surface area contributed by atoms with Crippen LogP contribution in [0.25, 0.3) is 5.57 Å². The van der Waals surface area contributed by atoms with E-state index in [4.69, 9.17) is 0 Å². The van der Waals surface area contributed by atoms with Crippen molar-refractivity contribution in [1.82, 2.24) is 0 Å². The van der Waals surface area contributed by atoms with E-state index >= 15 is 0 Å². The third-order valence-electron chi connectivity index (χ3n) is 2.87. The molecule has 0 aliphatic heterocycles. The van der Waals surface area contributed by atoms with Crippen LogP contribution in [0.2, 0.25) is 0 Å². The number of halogens is 2. The molecular formula is C14H12BrFO3. The summed E-state index contributed by atoms with van der Waals surface area (Å²) in [7, 11) is 1.22. The Hall–Kier alpha value is -1.46. The average molecular weight is 327 g/mol. The Morgan fingerprint density at radius 1 is 1.47 bits per heavy atom. The first-order chi connectivity index (χ1) is 8.94. The van der Waals surface area contributed by atoms with Gasteiger partial charge in [0.1, 0.15) is 0 Å². The van der Waals surface area contributed by atoms with Crippen molar-refractivity contribution in [2.45, 2.75) is 12.3 Å². The van der Waals surface area contributed by atoms with Crippen LogP contribution < -0.4 is 0 Å². The molecule has 0 fully saturated rings. The predicted octanol–water partition coefficient (Wildman–Crippen LogP) is 2.99. The van der Waals surface area contributed by atoms with Crippen LogP contribution in [0.1, 0.15) is 12.0 Å². The highest BCUT2D eigenvalue weighted by Crippen LogP contribution is 2.38. The summed E-state index contributed by atoms with van der Waals surface area (Å²) in [5.74, 6) is -3.22. The lowest BCUT2D eigenvalue weighted by Crippen LogP contribution is -2.29. The van der Waals surface area contributed by atoms with Crippen LogP contribution >= 0.6 is 15.9 Å². The Labute approximate surface area is 118 Å². The molecule has 0 aromatic heterocycles. The van der Waals surface area contributed by atoms with Crippen molar-refractivity contribution in [1.29, 1.82) is 0 Å². The first-order valence-corrected chi connectivity index (χ1v) is 6.40. The summed E-state index contributed by atoms with van der Waals surface area (Å²) in [6.07, 6.45) is 2.45. The SMILES string of the molecule is COC(=O)C1=CC=C(c2cccc(Br)c2)C(O)(F)C1. The zero-order valence-corrected chi connectivity index (χ0v) is 11.8. The number of benzene rings is 1. The monoisotopic (exact) mass is 326 g/mol. The van der Waals surface area contributed by atoms with Gasteiger partial charge in [-0.15, -0.1) is 0 Å². The van der Waals surface area contributed by atoms with Gasteiger partial charge in [-0.2, -0.15) is 0 Å². The van der Waals surface area contributed by atoms with Gasteiger partial charge in [0.15, 0.2) is 0 Å². The fourth-order valence-electron chi connectivity index (χ4n) is 1.96. The van der Waals surface area contributed by atoms with Crippen molar-refractivity contribution in [3.05, 3.63) is 52.0 Å². The number of esters is 1. The smallest absolute Gasteiger partial charge is 0.333 e. The minimum Gasteiger partial charge on any atom is -0.466 e. The zero-order valence-electron chi connectivity index (χ0n) is 10.2. The topological polar surface area (TPSA) is 46.5 Å². The Morgan fingerprint density at radius 3 is 2.79 bits per heavy atom. The van der Waals surface area contributed by atoms with Gasteiger partial charge in [0.05, 0.1) is 7.11 Å². The highest BCUT2D eigenvalue weighted by Gasteiger charge is 2.37. The molecule has 19 heavy (non-hydrogen) atoms. The minimum atomic E-state index is -2.58. The summed E-state index contributed by atoms with van der Waals surface area (Å²) < 4.78 is 19.6. The van der Waals surface area contributed by atoms with Gasteiger partial charge in [0.25, 0.3) is 0 Å². The summed E-state index contributed by atoms with van der Waals surface area (Å²) in [5, 5.41) is 9.89. The van der Waals surface area contributed by atoms with E-state index < -0.39 is 18.2 Å². The molecule has 0 saturated carbocycles. The maximum Gasteiger partial charge on any atom is 0.333 e. The summed E-state index contributed by atoms with van der Waals surface area (Å²) in [5.41, 5.74) is 0.784. The molecule has 1 unspecified atom stereocenters. The van der Waals surface area contributed by atoms with Crippen LogP contribution in [0.3, 0.4) is 0 Å². The Morgan fingerprint density at radius 2 is 2.21 bits per heavy atom. The van der Waals surface area contributed by atoms with Crippen molar-refractivity contribution < 1.29 is 19.0 Å². The zero-order chi connectivity index (χ0) is 14.0. The van der Waals surface area contributed by atoms with Gasteiger partial charge in [-0.1, -0.05) is 40.2 Å². The second kappa shape index (κ2) is 5.27. The molecule has 0 amide bonds. The highest BCUT2D eigenvalue weighted by atomic mass is 79.9. The second-order valence-electron chi connectivity index (χ2n) is 4.21. The lowest BCUT2D eigenvalue weighted by Gasteiger charge is -2.26. The summed E-state index contributed by atoms with van der Waals surface area (Å²) >= 11 is 3.29. The summed E-state index contributed by atoms with van der Waals surface area (Å²) in [6, 6.07) is 6.95. The first-order valence-electron chi connectivity index (χ1n) is 5.61. The lowest BCUT2D eigenvalue weighted by molar-refractivity contribution is -0.137. The van der Waals surface area contributed by atoms with E-state index in [9.17, 15) is 14.3 Å². The molecule has 1 aromatic carbocycles. The van der Waals surface area contributed by atoms with E-state index in [-0.39, 0.29) is 11.1 Å². The van der Waals surface area contributed by atoms with Gasteiger partial charge in [-0.3, -0.25) is 0 Å². The van der Waals surface area contributed by atoms with Crippen LogP contribution in [-0.4, -0.2) is 24.0 Å². The van der Waals surface area contributed by atoms with Crippen molar-refractivity contribution >= 4 is 27.5 Å². The fourth-order valence-corrected chi connectivity index (χ4v) is 2.36. The molecule has 1 aromatic rings. The molecule has 1 N–H and O–H groups in total. The molecule has 0 radical (unpaired) electrons. The number of ether oxygens (including phenoxy) is 1. The standard InChI is InChI=1S/C14H12BrFO3/c1-19-13(17)10-5-6-12(14(16,18)8-10)9-3-2-4-11(15)7-9/h2-7,18H,8H2,1H3. The van der Waals surface area contributed by atoms with Crippen molar-refractivity contribution in [2.24, 2.45) is 0 Å². The van der Waals surface area contributed by atoms with Crippen LogP contribution in [0.4, 0.5) is 4.39 Å². The van der Waals surface area contributed by atoms with E-state index in [0.717, 1.165) is 4.47 Å². The number of allylic oxidation sites excluding steroid dienone is 2. The molecule has 1 aliphatic rings. The molecule has 0 heterocycles. The quantitative estimate of drug-likeness (QED) is 0.850. The molecule has 1 aliphatic carbocycles. The third kappa shape index (κ3) is 2.93.